The molecule has 0 saturated carbocycles. The Labute approximate surface area is 133 Å². The molecule has 0 radical (unpaired) electrons. The van der Waals surface area contributed by atoms with Gasteiger partial charge in [0.2, 0.25) is 5.88 Å². The molecule has 1 aromatic carbocycles. The number of ether oxygens (including phenoxy) is 1. The van der Waals surface area contributed by atoms with Gasteiger partial charge < -0.3 is 4.74 Å². The Morgan fingerprint density at radius 3 is 2.50 bits per heavy atom. The lowest BCUT2D eigenvalue weighted by atomic mass is 9.85. The molecule has 20 heavy (non-hydrogen) atoms. The summed E-state index contributed by atoms with van der Waals surface area (Å²) in [6, 6.07) is 7.95. The van der Waals surface area contributed by atoms with Crippen LogP contribution in [0.3, 0.4) is 0 Å². The third-order valence-electron chi connectivity index (χ3n) is 2.92. The number of halogens is 2. The van der Waals surface area contributed by atoms with Gasteiger partial charge in [-0.05, 0) is 40.4 Å². The van der Waals surface area contributed by atoms with Crippen LogP contribution in [0.2, 0.25) is 5.02 Å². The highest BCUT2D eigenvalue weighted by molar-refractivity contribution is 9.10. The standard InChI is InChI=1S/C16H17BrClNO/c1-10-5-6-14(12(7-10)16(2,3)4)20-15-13(17)8-11(18)9-19-15/h5-9H,1-4H3. The van der Waals surface area contributed by atoms with Crippen molar-refractivity contribution in [1.29, 1.82) is 0 Å². The highest BCUT2D eigenvalue weighted by atomic mass is 79.9. The number of aromatic nitrogens is 1. The Morgan fingerprint density at radius 1 is 1.20 bits per heavy atom. The summed E-state index contributed by atoms with van der Waals surface area (Å²) in [4.78, 5) is 4.22. The van der Waals surface area contributed by atoms with E-state index in [9.17, 15) is 0 Å². The van der Waals surface area contributed by atoms with Crippen LogP contribution < -0.4 is 4.74 Å². The second-order valence-electron chi connectivity index (χ2n) is 5.79. The number of hydrogen-bond donors (Lipinski definition) is 0. The predicted octanol–water partition coefficient (Wildman–Crippen LogP) is 5.90. The van der Waals surface area contributed by atoms with E-state index < -0.39 is 0 Å². The van der Waals surface area contributed by atoms with Gasteiger partial charge in [0, 0.05) is 11.8 Å². The number of rotatable bonds is 2. The molecule has 4 heteroatoms. The lowest BCUT2D eigenvalue weighted by Gasteiger charge is -2.23. The number of nitrogens with zero attached hydrogens (tertiary/aromatic N) is 1. The highest BCUT2D eigenvalue weighted by Crippen LogP contribution is 2.36. The molecule has 2 rings (SSSR count). The summed E-state index contributed by atoms with van der Waals surface area (Å²) >= 11 is 9.32. The van der Waals surface area contributed by atoms with Gasteiger partial charge in [-0.15, -0.1) is 0 Å². The quantitative estimate of drug-likeness (QED) is 0.670. The van der Waals surface area contributed by atoms with E-state index in [1.165, 1.54) is 5.56 Å². The molecule has 2 nitrogen and oxygen atoms in total. The zero-order chi connectivity index (χ0) is 14.9. The zero-order valence-corrected chi connectivity index (χ0v) is 14.3. The first-order valence-corrected chi connectivity index (χ1v) is 7.54. The van der Waals surface area contributed by atoms with E-state index in [1.54, 1.807) is 12.3 Å². The van der Waals surface area contributed by atoms with Crippen LogP contribution in [0.25, 0.3) is 0 Å². The molecule has 0 amide bonds. The van der Waals surface area contributed by atoms with Gasteiger partial charge in [-0.1, -0.05) is 50.1 Å². The van der Waals surface area contributed by atoms with Crippen LogP contribution in [-0.2, 0) is 5.41 Å². The molecule has 2 aromatic rings. The minimum atomic E-state index is 0.000253. The van der Waals surface area contributed by atoms with Gasteiger partial charge in [0.15, 0.2) is 0 Å². The van der Waals surface area contributed by atoms with Crippen molar-refractivity contribution in [2.75, 3.05) is 0 Å². The van der Waals surface area contributed by atoms with Crippen molar-refractivity contribution in [3.8, 4) is 11.6 Å². The van der Waals surface area contributed by atoms with Crippen LogP contribution in [0, 0.1) is 6.92 Å². The second-order valence-corrected chi connectivity index (χ2v) is 7.08. The molecule has 0 spiro atoms. The minimum Gasteiger partial charge on any atom is -0.438 e. The average molecular weight is 355 g/mol. The van der Waals surface area contributed by atoms with E-state index in [4.69, 9.17) is 16.3 Å². The summed E-state index contributed by atoms with van der Waals surface area (Å²) in [5.41, 5.74) is 2.37. The fraction of sp³-hybridized carbons (Fsp3) is 0.312. The number of aryl methyl sites for hydroxylation is 1. The van der Waals surface area contributed by atoms with E-state index in [0.717, 1.165) is 15.8 Å². The largest absolute Gasteiger partial charge is 0.438 e. The van der Waals surface area contributed by atoms with Crippen LogP contribution in [0.15, 0.2) is 34.9 Å². The van der Waals surface area contributed by atoms with E-state index in [-0.39, 0.29) is 5.41 Å². The second kappa shape index (κ2) is 5.74. The maximum Gasteiger partial charge on any atom is 0.233 e. The van der Waals surface area contributed by atoms with E-state index in [0.29, 0.717) is 10.9 Å². The molecule has 106 valence electrons. The third kappa shape index (κ3) is 3.53. The zero-order valence-electron chi connectivity index (χ0n) is 12.0. The van der Waals surface area contributed by atoms with Crippen molar-refractivity contribution >= 4 is 27.5 Å². The normalized spacial score (nSPS) is 11.5. The Morgan fingerprint density at radius 2 is 1.90 bits per heavy atom. The molecular formula is C16H17BrClNO. The monoisotopic (exact) mass is 353 g/mol. The van der Waals surface area contributed by atoms with Crippen LogP contribution in [0.4, 0.5) is 0 Å². The summed E-state index contributed by atoms with van der Waals surface area (Å²) in [6.07, 6.45) is 1.58. The summed E-state index contributed by atoms with van der Waals surface area (Å²) in [7, 11) is 0. The van der Waals surface area contributed by atoms with Gasteiger partial charge in [-0.2, -0.15) is 0 Å². The Hall–Kier alpha value is -1.06. The van der Waals surface area contributed by atoms with E-state index in [1.807, 2.05) is 12.1 Å². The number of hydrogen-bond acceptors (Lipinski definition) is 2. The molecule has 0 saturated heterocycles. The first kappa shape index (κ1) is 15.3. The van der Waals surface area contributed by atoms with E-state index in [2.05, 4.69) is 54.7 Å². The predicted molar refractivity (Wildman–Crippen MR) is 86.9 cm³/mol. The summed E-state index contributed by atoms with van der Waals surface area (Å²) in [6.45, 7) is 8.58. The average Bonchev–Trinajstić information content (AvgIpc) is 2.33. The maximum absolute atomic E-state index is 5.96. The summed E-state index contributed by atoms with van der Waals surface area (Å²) in [5.74, 6) is 1.34. The van der Waals surface area contributed by atoms with Crippen LogP contribution in [0.1, 0.15) is 31.9 Å². The van der Waals surface area contributed by atoms with Crippen LogP contribution in [-0.4, -0.2) is 4.98 Å². The molecular weight excluding hydrogens is 338 g/mol. The first-order valence-electron chi connectivity index (χ1n) is 6.37. The molecule has 0 unspecified atom stereocenters. The van der Waals surface area contributed by atoms with Gasteiger partial charge in [-0.3, -0.25) is 0 Å². The third-order valence-corrected chi connectivity index (χ3v) is 3.70. The van der Waals surface area contributed by atoms with Crippen molar-refractivity contribution in [2.24, 2.45) is 0 Å². The fourth-order valence-corrected chi connectivity index (χ4v) is 2.62. The smallest absolute Gasteiger partial charge is 0.233 e. The van der Waals surface area contributed by atoms with Crippen molar-refractivity contribution in [3.63, 3.8) is 0 Å². The minimum absolute atomic E-state index is 0.000253. The lowest BCUT2D eigenvalue weighted by Crippen LogP contribution is -2.13. The SMILES string of the molecule is Cc1ccc(Oc2ncc(Cl)cc2Br)c(C(C)(C)C)c1. The van der Waals surface area contributed by atoms with E-state index >= 15 is 0 Å². The van der Waals surface area contributed by atoms with Crippen molar-refractivity contribution in [3.05, 3.63) is 51.1 Å². The van der Waals surface area contributed by atoms with Gasteiger partial charge >= 0.3 is 0 Å². The van der Waals surface area contributed by atoms with Crippen LogP contribution in [0.5, 0.6) is 11.6 Å². The van der Waals surface area contributed by atoms with Gasteiger partial charge in [0.1, 0.15) is 5.75 Å². The Balaban J connectivity index is 2.43. The van der Waals surface area contributed by atoms with Crippen molar-refractivity contribution < 1.29 is 4.74 Å². The fourth-order valence-electron chi connectivity index (χ4n) is 1.90. The molecule has 0 aliphatic heterocycles. The molecule has 1 heterocycles. The Bertz CT molecular complexity index is 635. The van der Waals surface area contributed by atoms with Crippen molar-refractivity contribution in [2.45, 2.75) is 33.1 Å². The number of pyridine rings is 1. The topological polar surface area (TPSA) is 22.1 Å². The highest BCUT2D eigenvalue weighted by Gasteiger charge is 2.20. The van der Waals surface area contributed by atoms with Gasteiger partial charge in [-0.25, -0.2) is 4.98 Å². The lowest BCUT2D eigenvalue weighted by molar-refractivity contribution is 0.437. The molecule has 0 bridgehead atoms. The molecule has 0 atom stereocenters. The first-order chi connectivity index (χ1) is 9.27. The summed E-state index contributed by atoms with van der Waals surface area (Å²) < 4.78 is 6.70. The Kier molecular flexibility index (Phi) is 4.40. The molecule has 0 aliphatic rings. The molecule has 0 aliphatic carbocycles. The number of benzene rings is 1. The van der Waals surface area contributed by atoms with Gasteiger partial charge in [0.05, 0.1) is 9.50 Å². The van der Waals surface area contributed by atoms with Crippen molar-refractivity contribution in [1.82, 2.24) is 4.98 Å². The molecule has 0 N–H and O–H groups in total. The summed E-state index contributed by atoms with van der Waals surface area (Å²) in [5, 5.41) is 0.573. The molecule has 1 aromatic heterocycles. The molecule has 0 fully saturated rings. The van der Waals surface area contributed by atoms with Gasteiger partial charge in [0.25, 0.3) is 0 Å². The van der Waals surface area contributed by atoms with Crippen LogP contribution >= 0.6 is 27.5 Å². The maximum atomic E-state index is 5.96.